The molecular formula is C22H16BrN3O6. The van der Waals surface area contributed by atoms with Crippen molar-refractivity contribution in [2.24, 2.45) is 5.16 Å². The Kier molecular flexibility index (Phi) is 6.04. The van der Waals surface area contributed by atoms with Crippen molar-refractivity contribution < 1.29 is 24.4 Å². The van der Waals surface area contributed by atoms with Crippen LogP contribution in [-0.2, 0) is 9.63 Å². The van der Waals surface area contributed by atoms with Gasteiger partial charge < -0.3 is 20.0 Å². The van der Waals surface area contributed by atoms with Crippen LogP contribution in [0, 0.1) is 10.1 Å². The lowest BCUT2D eigenvalue weighted by atomic mass is 10.0. The fourth-order valence-corrected chi connectivity index (χ4v) is 3.45. The molecule has 0 saturated carbocycles. The van der Waals surface area contributed by atoms with Gasteiger partial charge in [-0.3, -0.25) is 14.9 Å². The van der Waals surface area contributed by atoms with Crippen LogP contribution >= 0.6 is 15.9 Å². The maximum absolute atomic E-state index is 12.7. The smallest absolute Gasteiger partial charge is 0.275 e. The summed E-state index contributed by atoms with van der Waals surface area (Å²) in [6.45, 7) is 0. The molecule has 0 bridgehead atoms. The van der Waals surface area contributed by atoms with Crippen LogP contribution < -0.4 is 10.1 Å². The maximum atomic E-state index is 12.7. The van der Waals surface area contributed by atoms with Crippen molar-refractivity contribution in [3.8, 4) is 17.2 Å². The molecule has 1 aliphatic rings. The van der Waals surface area contributed by atoms with E-state index in [1.54, 1.807) is 0 Å². The van der Waals surface area contributed by atoms with Gasteiger partial charge in [-0.1, -0.05) is 33.2 Å². The summed E-state index contributed by atoms with van der Waals surface area (Å²) < 4.78 is 6.51. The molecule has 0 aromatic heterocycles. The van der Waals surface area contributed by atoms with E-state index < -0.39 is 16.9 Å². The van der Waals surface area contributed by atoms with E-state index in [9.17, 15) is 20.0 Å². The summed E-state index contributed by atoms with van der Waals surface area (Å²) in [6.07, 6.45) is -0.613. The number of hydrogen-bond donors (Lipinski definition) is 2. The molecule has 0 fully saturated rings. The van der Waals surface area contributed by atoms with E-state index in [-0.39, 0.29) is 29.3 Å². The van der Waals surface area contributed by atoms with Crippen molar-refractivity contribution >= 4 is 38.9 Å². The van der Waals surface area contributed by atoms with Crippen molar-refractivity contribution in [3.63, 3.8) is 0 Å². The zero-order valence-electron chi connectivity index (χ0n) is 16.4. The number of phenols is 1. The van der Waals surface area contributed by atoms with Gasteiger partial charge in [-0.05, 0) is 36.4 Å². The highest BCUT2D eigenvalue weighted by Gasteiger charge is 2.29. The normalized spacial score (nSPS) is 14.9. The van der Waals surface area contributed by atoms with E-state index in [1.165, 1.54) is 42.5 Å². The second kappa shape index (κ2) is 9.06. The Labute approximate surface area is 190 Å². The Morgan fingerprint density at radius 1 is 1.16 bits per heavy atom. The second-order valence-electron chi connectivity index (χ2n) is 6.90. The van der Waals surface area contributed by atoms with Crippen LogP contribution in [0.1, 0.15) is 12.0 Å². The summed E-state index contributed by atoms with van der Waals surface area (Å²) in [5.41, 5.74) is 1.38. The molecule has 0 saturated heterocycles. The third-order valence-electron chi connectivity index (χ3n) is 4.56. The van der Waals surface area contributed by atoms with Gasteiger partial charge in [0, 0.05) is 28.6 Å². The van der Waals surface area contributed by atoms with Crippen molar-refractivity contribution in [2.75, 3.05) is 5.32 Å². The Morgan fingerprint density at radius 3 is 2.66 bits per heavy atom. The van der Waals surface area contributed by atoms with Gasteiger partial charge in [0.05, 0.1) is 22.4 Å². The first-order valence-electron chi connectivity index (χ1n) is 9.43. The first-order valence-corrected chi connectivity index (χ1v) is 10.2. The van der Waals surface area contributed by atoms with Crippen molar-refractivity contribution in [1.82, 2.24) is 0 Å². The van der Waals surface area contributed by atoms with Crippen LogP contribution in [0.5, 0.6) is 17.2 Å². The Bertz CT molecular complexity index is 1210. The summed E-state index contributed by atoms with van der Waals surface area (Å²) in [6, 6.07) is 17.3. The standard InChI is InChI=1S/C22H16BrN3O6/c23-14-3-1-2-13(8-14)20-12-21(32-25-20)22(28)24-15-9-16(26(29)30)11-19(10-15)31-18-6-4-17(27)5-7-18/h1-11,21,27H,12H2,(H,24,28)/t21-/m1/s1. The van der Waals surface area contributed by atoms with E-state index >= 15 is 0 Å². The Hall–Kier alpha value is -3.92. The van der Waals surface area contributed by atoms with Crippen molar-refractivity contribution in [3.05, 3.63) is 86.9 Å². The number of phenolic OH excluding ortho intramolecular Hbond substituents is 1. The van der Waals surface area contributed by atoms with Crippen LogP contribution in [0.25, 0.3) is 0 Å². The minimum absolute atomic E-state index is 0.0605. The predicted octanol–water partition coefficient (Wildman–Crippen LogP) is 4.99. The first-order chi connectivity index (χ1) is 15.4. The molecule has 3 aromatic carbocycles. The monoisotopic (exact) mass is 497 g/mol. The summed E-state index contributed by atoms with van der Waals surface area (Å²) >= 11 is 3.40. The molecule has 32 heavy (non-hydrogen) atoms. The lowest BCUT2D eigenvalue weighted by Gasteiger charge is -2.12. The number of non-ortho nitro benzene ring substituents is 1. The highest BCUT2D eigenvalue weighted by Crippen LogP contribution is 2.31. The fraction of sp³-hybridized carbons (Fsp3) is 0.0909. The molecule has 9 nitrogen and oxygen atoms in total. The number of carbonyl (C=O) groups excluding carboxylic acids is 1. The molecule has 1 heterocycles. The van der Waals surface area contributed by atoms with E-state index in [1.807, 2.05) is 24.3 Å². The molecule has 1 aliphatic heterocycles. The van der Waals surface area contributed by atoms with E-state index in [4.69, 9.17) is 9.57 Å². The number of nitro benzene ring substituents is 1. The lowest BCUT2D eigenvalue weighted by molar-refractivity contribution is -0.384. The maximum Gasteiger partial charge on any atom is 0.275 e. The molecule has 0 radical (unpaired) electrons. The highest BCUT2D eigenvalue weighted by molar-refractivity contribution is 9.10. The second-order valence-corrected chi connectivity index (χ2v) is 7.82. The van der Waals surface area contributed by atoms with Gasteiger partial charge in [0.2, 0.25) is 6.10 Å². The van der Waals surface area contributed by atoms with Gasteiger partial charge in [0.15, 0.2) is 0 Å². The molecule has 10 heteroatoms. The van der Waals surface area contributed by atoms with Crippen LogP contribution in [0.3, 0.4) is 0 Å². The zero-order valence-corrected chi connectivity index (χ0v) is 18.0. The third-order valence-corrected chi connectivity index (χ3v) is 5.05. The molecule has 2 N–H and O–H groups in total. The van der Waals surface area contributed by atoms with Gasteiger partial charge in [-0.25, -0.2) is 0 Å². The average Bonchev–Trinajstić information content (AvgIpc) is 3.26. The molecule has 1 amide bonds. The summed E-state index contributed by atoms with van der Waals surface area (Å²) in [4.78, 5) is 28.7. The number of hydrogen-bond acceptors (Lipinski definition) is 7. The Morgan fingerprint density at radius 2 is 1.94 bits per heavy atom. The number of ether oxygens (including phenoxy) is 1. The summed E-state index contributed by atoms with van der Waals surface area (Å²) in [5, 5.41) is 27.3. The largest absolute Gasteiger partial charge is 0.508 e. The topological polar surface area (TPSA) is 123 Å². The Balaban J connectivity index is 1.48. The average molecular weight is 498 g/mol. The predicted molar refractivity (Wildman–Crippen MR) is 120 cm³/mol. The molecule has 0 unspecified atom stereocenters. The summed E-state index contributed by atoms with van der Waals surface area (Å²) in [7, 11) is 0. The number of nitrogens with one attached hydrogen (secondary N) is 1. The van der Waals surface area contributed by atoms with E-state index in [2.05, 4.69) is 26.4 Å². The van der Waals surface area contributed by atoms with Gasteiger partial charge in [-0.15, -0.1) is 0 Å². The number of nitro groups is 1. The van der Waals surface area contributed by atoms with Crippen LogP contribution in [0.2, 0.25) is 0 Å². The fourth-order valence-electron chi connectivity index (χ4n) is 3.05. The first kappa shape index (κ1) is 21.3. The minimum atomic E-state index is -0.871. The number of halogens is 1. The lowest BCUT2D eigenvalue weighted by Crippen LogP contribution is -2.28. The van der Waals surface area contributed by atoms with Gasteiger partial charge in [-0.2, -0.15) is 0 Å². The van der Waals surface area contributed by atoms with Crippen molar-refractivity contribution in [1.29, 1.82) is 0 Å². The molecule has 162 valence electrons. The number of anilines is 1. The number of carbonyl (C=O) groups is 1. The van der Waals surface area contributed by atoms with Gasteiger partial charge in [0.25, 0.3) is 11.6 Å². The highest BCUT2D eigenvalue weighted by atomic mass is 79.9. The SMILES string of the molecule is O=C(Nc1cc(Oc2ccc(O)cc2)cc([N+](=O)[O-])c1)[C@H]1CC(c2cccc(Br)c2)=NO1. The number of nitrogens with zero attached hydrogens (tertiary/aromatic N) is 2. The van der Waals surface area contributed by atoms with Gasteiger partial charge in [0.1, 0.15) is 17.2 Å². The third kappa shape index (κ3) is 5.03. The molecule has 3 aromatic rings. The number of aromatic hydroxyl groups is 1. The molecular weight excluding hydrogens is 482 g/mol. The minimum Gasteiger partial charge on any atom is -0.508 e. The molecule has 1 atom stereocenters. The molecule has 0 aliphatic carbocycles. The van der Waals surface area contributed by atoms with Crippen LogP contribution in [0.4, 0.5) is 11.4 Å². The van der Waals surface area contributed by atoms with Crippen LogP contribution in [-0.4, -0.2) is 27.8 Å². The van der Waals surface area contributed by atoms with E-state index in [0.29, 0.717) is 11.5 Å². The number of benzene rings is 3. The molecule has 0 spiro atoms. The zero-order chi connectivity index (χ0) is 22.7. The number of amides is 1. The summed E-state index contributed by atoms with van der Waals surface area (Å²) in [5.74, 6) is 0.0885. The van der Waals surface area contributed by atoms with E-state index in [0.717, 1.165) is 10.0 Å². The van der Waals surface area contributed by atoms with Crippen LogP contribution in [0.15, 0.2) is 76.4 Å². The number of rotatable bonds is 6. The van der Waals surface area contributed by atoms with Gasteiger partial charge >= 0.3 is 0 Å². The van der Waals surface area contributed by atoms with Crippen molar-refractivity contribution in [2.45, 2.75) is 12.5 Å². The quantitative estimate of drug-likeness (QED) is 0.365. The number of oxime groups is 1. The molecule has 4 rings (SSSR count).